The molecule has 0 fully saturated rings. The van der Waals surface area contributed by atoms with Gasteiger partial charge in [-0.2, -0.15) is 0 Å². The van der Waals surface area contributed by atoms with Crippen molar-refractivity contribution < 1.29 is 4.42 Å². The molecule has 1 rings (SSSR count). The molecule has 0 unspecified atom stereocenters. The molecular weight excluding hydrogens is 236 g/mol. The number of aryl methyl sites for hydroxylation is 1. The molecule has 0 aliphatic carbocycles. The van der Waals surface area contributed by atoms with Crippen LogP contribution in [0.2, 0.25) is 0 Å². The largest absolute Gasteiger partial charge is 0.466 e. The lowest BCUT2D eigenvalue weighted by Gasteiger charge is -2.32. The summed E-state index contributed by atoms with van der Waals surface area (Å²) < 4.78 is 5.80. The fraction of sp³-hybridized carbons (Fsp3) is 0.750. The van der Waals surface area contributed by atoms with Crippen LogP contribution in [-0.4, -0.2) is 50.1 Å². The first kappa shape index (κ1) is 16.3. The highest BCUT2D eigenvalue weighted by Crippen LogP contribution is 2.30. The van der Waals surface area contributed by atoms with Gasteiger partial charge in [-0.3, -0.25) is 0 Å². The summed E-state index contributed by atoms with van der Waals surface area (Å²) in [5.41, 5.74) is 0.0834. The van der Waals surface area contributed by atoms with Crippen LogP contribution in [0, 0.1) is 6.92 Å². The van der Waals surface area contributed by atoms with Crippen molar-refractivity contribution in [3.8, 4) is 0 Å². The van der Waals surface area contributed by atoms with E-state index in [0.29, 0.717) is 6.04 Å². The Balaban J connectivity index is 2.57. The minimum absolute atomic E-state index is 0.0834. The summed E-state index contributed by atoms with van der Waals surface area (Å²) in [6.07, 6.45) is 1.10. The van der Waals surface area contributed by atoms with E-state index in [1.54, 1.807) is 0 Å². The second-order valence-electron chi connectivity index (χ2n) is 6.63. The molecule has 1 heterocycles. The Kier molecular flexibility index (Phi) is 5.63. The Bertz CT molecular complexity index is 382. The van der Waals surface area contributed by atoms with Gasteiger partial charge in [0.1, 0.15) is 11.5 Å². The fourth-order valence-electron chi connectivity index (χ4n) is 2.37. The number of likely N-dealkylation sites (N-methyl/N-ethyl adjacent to an activating group) is 2. The molecule has 0 aromatic carbocycles. The SMILES string of the molecule is Cc1ccc(C(C)(C)C[C@@H](C)N(C)CCN(C)C)o1. The number of nitrogens with zero attached hydrogens (tertiary/aromatic N) is 2. The van der Waals surface area contributed by atoms with Gasteiger partial charge in [-0.25, -0.2) is 0 Å². The van der Waals surface area contributed by atoms with Crippen LogP contribution in [0.5, 0.6) is 0 Å². The van der Waals surface area contributed by atoms with Crippen LogP contribution in [0.15, 0.2) is 16.5 Å². The lowest BCUT2D eigenvalue weighted by atomic mass is 9.83. The first-order valence-corrected chi connectivity index (χ1v) is 7.14. The van der Waals surface area contributed by atoms with E-state index in [9.17, 15) is 0 Å². The molecule has 0 aliphatic rings. The molecule has 0 spiro atoms. The third kappa shape index (κ3) is 5.00. The molecule has 0 radical (unpaired) electrons. The van der Waals surface area contributed by atoms with Crippen LogP contribution in [-0.2, 0) is 5.41 Å². The van der Waals surface area contributed by atoms with Crippen molar-refractivity contribution in [2.45, 2.75) is 45.6 Å². The van der Waals surface area contributed by atoms with E-state index in [2.05, 4.69) is 63.8 Å². The summed E-state index contributed by atoms with van der Waals surface area (Å²) in [5, 5.41) is 0. The zero-order chi connectivity index (χ0) is 14.6. The molecule has 0 bridgehead atoms. The zero-order valence-electron chi connectivity index (χ0n) is 13.7. The minimum atomic E-state index is 0.0834. The second kappa shape index (κ2) is 6.58. The molecule has 110 valence electrons. The summed E-state index contributed by atoms with van der Waals surface area (Å²) in [4.78, 5) is 4.65. The van der Waals surface area contributed by atoms with Crippen molar-refractivity contribution in [3.63, 3.8) is 0 Å². The maximum absolute atomic E-state index is 5.80. The summed E-state index contributed by atoms with van der Waals surface area (Å²) in [6, 6.07) is 4.71. The smallest absolute Gasteiger partial charge is 0.109 e. The standard InChI is InChI=1S/C16H30N2O/c1-13(18(7)11-10-17(5)6)12-16(3,4)15-9-8-14(2)19-15/h8-9,13H,10-12H2,1-7H3/t13-/m1/s1. The topological polar surface area (TPSA) is 19.6 Å². The number of rotatable bonds is 7. The molecule has 1 aromatic rings. The van der Waals surface area contributed by atoms with Gasteiger partial charge in [-0.05, 0) is 53.5 Å². The first-order valence-electron chi connectivity index (χ1n) is 7.14. The van der Waals surface area contributed by atoms with Crippen LogP contribution >= 0.6 is 0 Å². The molecule has 0 amide bonds. The van der Waals surface area contributed by atoms with E-state index in [1.165, 1.54) is 0 Å². The molecule has 19 heavy (non-hydrogen) atoms. The zero-order valence-corrected chi connectivity index (χ0v) is 13.7. The van der Waals surface area contributed by atoms with Crippen LogP contribution < -0.4 is 0 Å². The molecule has 1 atom stereocenters. The first-order chi connectivity index (χ1) is 8.72. The predicted molar refractivity (Wildman–Crippen MR) is 81.7 cm³/mol. The van der Waals surface area contributed by atoms with Crippen LogP contribution in [0.25, 0.3) is 0 Å². The summed E-state index contributed by atoms with van der Waals surface area (Å²) >= 11 is 0. The molecule has 0 saturated carbocycles. The normalized spacial score (nSPS) is 14.4. The monoisotopic (exact) mass is 266 g/mol. The van der Waals surface area contributed by atoms with E-state index < -0.39 is 0 Å². The van der Waals surface area contributed by atoms with Crippen molar-refractivity contribution in [1.29, 1.82) is 0 Å². The Morgan fingerprint density at radius 2 is 1.79 bits per heavy atom. The molecule has 3 heteroatoms. The van der Waals surface area contributed by atoms with Crippen LogP contribution in [0.4, 0.5) is 0 Å². The number of hydrogen-bond donors (Lipinski definition) is 0. The maximum Gasteiger partial charge on any atom is 0.109 e. The predicted octanol–water partition coefficient (Wildman–Crippen LogP) is 3.14. The van der Waals surface area contributed by atoms with Gasteiger partial charge in [-0.1, -0.05) is 13.8 Å². The maximum atomic E-state index is 5.80. The van der Waals surface area contributed by atoms with E-state index in [1.807, 2.05) is 6.92 Å². The molecule has 0 aliphatic heterocycles. The van der Waals surface area contributed by atoms with Crippen molar-refractivity contribution in [2.24, 2.45) is 0 Å². The molecular formula is C16H30N2O. The van der Waals surface area contributed by atoms with Crippen LogP contribution in [0.1, 0.15) is 38.7 Å². The van der Waals surface area contributed by atoms with Crippen molar-refractivity contribution in [2.75, 3.05) is 34.2 Å². The average molecular weight is 266 g/mol. The molecule has 0 saturated heterocycles. The number of furan rings is 1. The van der Waals surface area contributed by atoms with Gasteiger partial charge in [0.05, 0.1) is 0 Å². The Hall–Kier alpha value is -0.800. The molecule has 0 N–H and O–H groups in total. The van der Waals surface area contributed by atoms with Crippen molar-refractivity contribution >= 4 is 0 Å². The third-order valence-electron chi connectivity index (χ3n) is 3.87. The van der Waals surface area contributed by atoms with Gasteiger partial charge in [-0.15, -0.1) is 0 Å². The van der Waals surface area contributed by atoms with Gasteiger partial charge >= 0.3 is 0 Å². The summed E-state index contributed by atoms with van der Waals surface area (Å²) in [7, 11) is 6.44. The summed E-state index contributed by atoms with van der Waals surface area (Å²) in [6.45, 7) is 11.0. The third-order valence-corrected chi connectivity index (χ3v) is 3.87. The lowest BCUT2D eigenvalue weighted by Crippen LogP contribution is -2.38. The molecule has 1 aromatic heterocycles. The van der Waals surface area contributed by atoms with E-state index in [0.717, 1.165) is 31.0 Å². The average Bonchev–Trinajstić information content (AvgIpc) is 2.72. The Morgan fingerprint density at radius 1 is 1.16 bits per heavy atom. The van der Waals surface area contributed by atoms with Crippen LogP contribution in [0.3, 0.4) is 0 Å². The summed E-state index contributed by atoms with van der Waals surface area (Å²) in [5.74, 6) is 2.09. The van der Waals surface area contributed by atoms with Crippen molar-refractivity contribution in [1.82, 2.24) is 9.80 Å². The van der Waals surface area contributed by atoms with E-state index in [-0.39, 0.29) is 5.41 Å². The minimum Gasteiger partial charge on any atom is -0.466 e. The van der Waals surface area contributed by atoms with Gasteiger partial charge in [0.25, 0.3) is 0 Å². The highest BCUT2D eigenvalue weighted by molar-refractivity contribution is 5.15. The van der Waals surface area contributed by atoms with E-state index >= 15 is 0 Å². The highest BCUT2D eigenvalue weighted by Gasteiger charge is 2.27. The van der Waals surface area contributed by atoms with Gasteiger partial charge < -0.3 is 14.2 Å². The second-order valence-corrected chi connectivity index (χ2v) is 6.63. The number of hydrogen-bond acceptors (Lipinski definition) is 3. The fourth-order valence-corrected chi connectivity index (χ4v) is 2.37. The van der Waals surface area contributed by atoms with Crippen molar-refractivity contribution in [3.05, 3.63) is 23.7 Å². The van der Waals surface area contributed by atoms with E-state index in [4.69, 9.17) is 4.42 Å². The molecule has 3 nitrogen and oxygen atoms in total. The van der Waals surface area contributed by atoms with Gasteiger partial charge in [0, 0.05) is 24.5 Å². The Labute approximate surface area is 118 Å². The van der Waals surface area contributed by atoms with Gasteiger partial charge in [0.2, 0.25) is 0 Å². The quantitative estimate of drug-likeness (QED) is 0.756. The highest BCUT2D eigenvalue weighted by atomic mass is 16.3. The lowest BCUT2D eigenvalue weighted by molar-refractivity contribution is 0.188. The van der Waals surface area contributed by atoms with Gasteiger partial charge in [0.15, 0.2) is 0 Å². The Morgan fingerprint density at radius 3 is 2.26 bits per heavy atom.